The maximum absolute atomic E-state index is 13.7. The molecular weight excluding hydrogens is 507 g/mol. The zero-order valence-electron chi connectivity index (χ0n) is 22.2. The number of amides is 2. The molecule has 0 aliphatic rings. The molecule has 0 saturated heterocycles. The summed E-state index contributed by atoms with van der Waals surface area (Å²) in [6.07, 6.45) is -4.64. The molecule has 2 amide bonds. The van der Waals surface area contributed by atoms with E-state index >= 15 is 0 Å². The molecule has 204 valence electrons. The molecule has 0 radical (unpaired) electrons. The van der Waals surface area contributed by atoms with Crippen molar-refractivity contribution >= 4 is 22.6 Å². The zero-order chi connectivity index (χ0) is 28.3. The molecule has 1 heterocycles. The number of anilines is 1. The van der Waals surface area contributed by atoms with Gasteiger partial charge in [-0.1, -0.05) is 36.4 Å². The van der Waals surface area contributed by atoms with Gasteiger partial charge in [-0.05, 0) is 69.9 Å². The van der Waals surface area contributed by atoms with Gasteiger partial charge in [-0.2, -0.15) is 13.2 Å². The molecule has 0 saturated carbocycles. The first-order valence-electron chi connectivity index (χ1n) is 12.4. The van der Waals surface area contributed by atoms with Crippen molar-refractivity contribution in [1.82, 2.24) is 19.4 Å². The van der Waals surface area contributed by atoms with E-state index in [2.05, 4.69) is 5.32 Å². The molecule has 1 atom stereocenters. The number of halogens is 3. The van der Waals surface area contributed by atoms with Gasteiger partial charge in [-0.3, -0.25) is 9.36 Å². The van der Waals surface area contributed by atoms with Crippen molar-refractivity contribution in [1.29, 1.82) is 0 Å². The Morgan fingerprint density at radius 1 is 1.00 bits per heavy atom. The van der Waals surface area contributed by atoms with Gasteiger partial charge in [-0.25, -0.2) is 9.78 Å². The maximum Gasteiger partial charge on any atom is 0.418 e. The minimum Gasteiger partial charge on any atom is -0.313 e. The number of nitrogens with zero attached hydrogens (tertiary/aromatic N) is 4. The molecule has 4 rings (SSSR count). The molecule has 1 unspecified atom stereocenters. The molecular formula is C29H30F3N5O2. The Balaban J connectivity index is 1.84. The number of fused-ring (bicyclic) bond motifs is 1. The summed E-state index contributed by atoms with van der Waals surface area (Å²) in [4.78, 5) is 35.4. The molecule has 39 heavy (non-hydrogen) atoms. The third kappa shape index (κ3) is 6.12. The van der Waals surface area contributed by atoms with Crippen LogP contribution in [0.4, 0.5) is 23.7 Å². The second-order valence-electron chi connectivity index (χ2n) is 9.61. The van der Waals surface area contributed by atoms with Crippen LogP contribution >= 0.6 is 0 Å². The third-order valence-corrected chi connectivity index (χ3v) is 6.43. The Bertz CT molecular complexity index is 1550. The predicted molar refractivity (Wildman–Crippen MR) is 146 cm³/mol. The largest absolute Gasteiger partial charge is 0.418 e. The van der Waals surface area contributed by atoms with Crippen LogP contribution in [-0.2, 0) is 6.18 Å². The Labute approximate surface area is 224 Å². The number of hydrogen-bond donors (Lipinski definition) is 1. The summed E-state index contributed by atoms with van der Waals surface area (Å²) < 4.78 is 42.3. The van der Waals surface area contributed by atoms with Crippen molar-refractivity contribution in [2.75, 3.05) is 32.5 Å². The van der Waals surface area contributed by atoms with E-state index in [9.17, 15) is 22.8 Å². The predicted octanol–water partition coefficient (Wildman–Crippen LogP) is 5.87. The van der Waals surface area contributed by atoms with Crippen LogP contribution in [0.15, 0.2) is 77.6 Å². The first kappa shape index (κ1) is 27.8. The number of urea groups is 1. The van der Waals surface area contributed by atoms with Crippen molar-refractivity contribution < 1.29 is 18.0 Å². The molecule has 0 aliphatic carbocycles. The second-order valence-corrected chi connectivity index (χ2v) is 9.61. The van der Waals surface area contributed by atoms with Crippen LogP contribution in [0, 0.1) is 6.92 Å². The van der Waals surface area contributed by atoms with Gasteiger partial charge in [0.1, 0.15) is 5.82 Å². The van der Waals surface area contributed by atoms with Crippen LogP contribution in [0.5, 0.6) is 0 Å². The maximum atomic E-state index is 13.7. The van der Waals surface area contributed by atoms with Crippen LogP contribution in [0.3, 0.4) is 0 Å². The Hall–Kier alpha value is -4.18. The van der Waals surface area contributed by atoms with E-state index in [4.69, 9.17) is 4.98 Å². The quantitative estimate of drug-likeness (QED) is 0.320. The molecule has 0 fully saturated rings. The molecule has 7 nitrogen and oxygen atoms in total. The van der Waals surface area contributed by atoms with Crippen molar-refractivity contribution in [3.63, 3.8) is 0 Å². The molecule has 0 spiro atoms. The lowest BCUT2D eigenvalue weighted by molar-refractivity contribution is -0.136. The van der Waals surface area contributed by atoms with E-state index in [1.54, 1.807) is 37.3 Å². The van der Waals surface area contributed by atoms with E-state index in [1.807, 2.05) is 44.1 Å². The van der Waals surface area contributed by atoms with Gasteiger partial charge in [0.15, 0.2) is 0 Å². The first-order chi connectivity index (χ1) is 18.5. The van der Waals surface area contributed by atoms with Crippen molar-refractivity contribution in [2.45, 2.75) is 26.1 Å². The lowest BCUT2D eigenvalue weighted by Gasteiger charge is -2.32. The van der Waals surface area contributed by atoms with E-state index in [-0.39, 0.29) is 17.8 Å². The van der Waals surface area contributed by atoms with Crippen molar-refractivity contribution in [3.8, 4) is 5.69 Å². The van der Waals surface area contributed by atoms with E-state index in [0.717, 1.165) is 11.6 Å². The van der Waals surface area contributed by atoms with Gasteiger partial charge in [0, 0.05) is 13.1 Å². The van der Waals surface area contributed by atoms with E-state index in [0.29, 0.717) is 29.0 Å². The van der Waals surface area contributed by atoms with Gasteiger partial charge < -0.3 is 15.1 Å². The Morgan fingerprint density at radius 2 is 1.69 bits per heavy atom. The zero-order valence-corrected chi connectivity index (χ0v) is 22.2. The van der Waals surface area contributed by atoms with E-state index < -0.39 is 23.8 Å². The summed E-state index contributed by atoms with van der Waals surface area (Å²) in [7, 11) is 3.66. The number of likely N-dealkylation sites (N-methyl/N-ethyl adjacent to an activating group) is 1. The first-order valence-corrected chi connectivity index (χ1v) is 12.4. The fourth-order valence-corrected chi connectivity index (χ4v) is 4.39. The molecule has 3 aromatic carbocycles. The normalized spacial score (nSPS) is 12.5. The third-order valence-electron chi connectivity index (χ3n) is 6.43. The number of carbonyl (C=O) groups is 1. The van der Waals surface area contributed by atoms with Crippen LogP contribution in [0.1, 0.15) is 29.9 Å². The van der Waals surface area contributed by atoms with Crippen molar-refractivity contribution in [2.24, 2.45) is 0 Å². The number of alkyl halides is 3. The molecule has 1 N–H and O–H groups in total. The summed E-state index contributed by atoms with van der Waals surface area (Å²) in [5.74, 6) is 0.294. The molecule has 0 aliphatic heterocycles. The van der Waals surface area contributed by atoms with Crippen LogP contribution in [-0.4, -0.2) is 52.6 Å². The minimum absolute atomic E-state index is 0.171. The van der Waals surface area contributed by atoms with Crippen LogP contribution in [0.2, 0.25) is 0 Å². The Kier molecular flexibility index (Phi) is 8.06. The fourth-order valence-electron chi connectivity index (χ4n) is 4.39. The number of nitrogens with one attached hydrogen (secondary N) is 1. The van der Waals surface area contributed by atoms with Gasteiger partial charge in [0.25, 0.3) is 5.56 Å². The summed E-state index contributed by atoms with van der Waals surface area (Å²) in [5.41, 5.74) is 0.373. The number of para-hydroxylation sites is 2. The highest BCUT2D eigenvalue weighted by molar-refractivity contribution is 5.90. The van der Waals surface area contributed by atoms with Crippen molar-refractivity contribution in [3.05, 3.63) is 100 Å². The summed E-state index contributed by atoms with van der Waals surface area (Å²) in [5, 5.41) is 2.86. The lowest BCUT2D eigenvalue weighted by Crippen LogP contribution is -2.43. The van der Waals surface area contributed by atoms with Gasteiger partial charge in [0.2, 0.25) is 0 Å². The number of hydrogen-bond acceptors (Lipinski definition) is 4. The number of carbonyl (C=O) groups excluding carboxylic acids is 1. The summed E-state index contributed by atoms with van der Waals surface area (Å²) >= 11 is 0. The SMILES string of the molecule is Cc1cccc(-n2c(C(C)N(CCN(C)C)C(=O)Nc3ccccc3C(F)(F)F)nc3ccccc3c2=O)c1. The standard InChI is InChI=1S/C29H30F3N5O2/c1-19-10-9-11-21(18-19)37-26(33-24-14-7-5-12-22(24)27(37)38)20(2)36(17-16-35(3)4)28(39)34-25-15-8-6-13-23(25)29(30,31)32/h5-15,18,20H,16-17H2,1-4H3,(H,34,39). The van der Waals surface area contributed by atoms with Crippen LogP contribution < -0.4 is 10.9 Å². The highest BCUT2D eigenvalue weighted by atomic mass is 19.4. The number of benzene rings is 3. The summed E-state index contributed by atoms with van der Waals surface area (Å²) in [6, 6.07) is 17.6. The molecule has 1 aromatic heterocycles. The fraction of sp³-hybridized carbons (Fsp3) is 0.276. The Morgan fingerprint density at radius 3 is 2.38 bits per heavy atom. The molecule has 4 aromatic rings. The van der Waals surface area contributed by atoms with Crippen LogP contribution in [0.25, 0.3) is 16.6 Å². The highest BCUT2D eigenvalue weighted by Crippen LogP contribution is 2.35. The van der Waals surface area contributed by atoms with E-state index in [1.165, 1.54) is 27.7 Å². The lowest BCUT2D eigenvalue weighted by atomic mass is 10.1. The van der Waals surface area contributed by atoms with Gasteiger partial charge in [0.05, 0.1) is 33.9 Å². The number of rotatable bonds is 7. The average Bonchev–Trinajstić information content (AvgIpc) is 2.88. The molecule has 10 heteroatoms. The topological polar surface area (TPSA) is 70.5 Å². The summed E-state index contributed by atoms with van der Waals surface area (Å²) in [6.45, 7) is 4.22. The molecule has 0 bridgehead atoms. The second kappa shape index (κ2) is 11.3. The average molecular weight is 538 g/mol. The van der Waals surface area contributed by atoms with Gasteiger partial charge >= 0.3 is 12.2 Å². The highest BCUT2D eigenvalue weighted by Gasteiger charge is 2.34. The smallest absolute Gasteiger partial charge is 0.313 e. The van der Waals surface area contributed by atoms with Gasteiger partial charge in [-0.15, -0.1) is 0 Å². The number of aromatic nitrogens is 2. The number of aryl methyl sites for hydroxylation is 1. The monoisotopic (exact) mass is 537 g/mol. The minimum atomic E-state index is -4.64.